The Labute approximate surface area is 211 Å². The molecule has 2 amide bonds. The molecule has 3 heterocycles. The van der Waals surface area contributed by atoms with E-state index in [1.165, 1.54) is 6.07 Å². The lowest BCUT2D eigenvalue weighted by Crippen LogP contribution is -2.59. The number of benzene rings is 2. The van der Waals surface area contributed by atoms with Crippen LogP contribution >= 0.6 is 0 Å². The van der Waals surface area contributed by atoms with E-state index in [1.807, 2.05) is 19.1 Å². The van der Waals surface area contributed by atoms with Gasteiger partial charge in [0.15, 0.2) is 5.72 Å². The van der Waals surface area contributed by atoms with Crippen molar-refractivity contribution >= 4 is 17.5 Å². The van der Waals surface area contributed by atoms with E-state index in [4.69, 9.17) is 9.47 Å². The lowest BCUT2D eigenvalue weighted by Gasteiger charge is -2.47. The number of aromatic nitrogens is 1. The van der Waals surface area contributed by atoms with Crippen LogP contribution in [0.15, 0.2) is 54.7 Å². The summed E-state index contributed by atoms with van der Waals surface area (Å²) in [4.78, 5) is 30.7. The fraction of sp³-hybridized carbons (Fsp3) is 0.296. The van der Waals surface area contributed by atoms with Crippen molar-refractivity contribution in [3.05, 3.63) is 77.1 Å². The average Bonchev–Trinajstić information content (AvgIpc) is 2.88. The number of ether oxygens (including phenoxy) is 2. The molecule has 2 aliphatic heterocycles. The summed E-state index contributed by atoms with van der Waals surface area (Å²) in [5, 5.41) is 2.66. The van der Waals surface area contributed by atoms with Crippen molar-refractivity contribution in [2.45, 2.75) is 31.7 Å². The molecule has 0 aliphatic carbocycles. The Morgan fingerprint density at radius 1 is 1.05 bits per heavy atom. The van der Waals surface area contributed by atoms with Gasteiger partial charge in [-0.3, -0.25) is 14.6 Å². The number of hydrogen-bond acceptors (Lipinski definition) is 5. The van der Waals surface area contributed by atoms with Crippen molar-refractivity contribution in [3.8, 4) is 16.9 Å². The summed E-state index contributed by atoms with van der Waals surface area (Å²) in [6.07, 6.45) is -2.58. The molecule has 0 saturated carbocycles. The van der Waals surface area contributed by atoms with E-state index in [1.54, 1.807) is 36.2 Å². The van der Waals surface area contributed by atoms with Crippen LogP contribution in [-0.2, 0) is 10.9 Å². The number of aryl methyl sites for hydroxylation is 1. The highest BCUT2D eigenvalue weighted by atomic mass is 19.4. The number of nitrogens with zero attached hydrogens (tertiary/aromatic N) is 2. The van der Waals surface area contributed by atoms with Gasteiger partial charge in [0.05, 0.1) is 18.8 Å². The zero-order valence-corrected chi connectivity index (χ0v) is 20.2. The fourth-order valence-corrected chi connectivity index (χ4v) is 4.66. The highest BCUT2D eigenvalue weighted by Crippen LogP contribution is 2.41. The Bertz CT molecular complexity index is 1380. The van der Waals surface area contributed by atoms with Crippen LogP contribution in [0.2, 0.25) is 0 Å². The summed E-state index contributed by atoms with van der Waals surface area (Å²) in [5.41, 5.74) is 1.28. The zero-order chi connectivity index (χ0) is 26.4. The molecule has 2 aliphatic rings. The molecule has 1 aromatic heterocycles. The standard InChI is InChI=1S/C27H24F3N3O4/c1-16-3-5-19(32-24(34)18-7-10-31-23(14-18)27(28,29)30)15-21(16)17-4-6-20-22(13-17)37-26(33(2)25(20)35)8-11-36-12-9-26/h3-7,10,13-15H,8-9,11-12H2,1-2H3,(H,32,34). The number of carbonyl (C=O) groups excluding carboxylic acids is 2. The molecule has 1 spiro atoms. The van der Waals surface area contributed by atoms with Gasteiger partial charge >= 0.3 is 6.18 Å². The minimum atomic E-state index is -4.65. The number of rotatable bonds is 3. The molecular weight excluding hydrogens is 487 g/mol. The number of anilines is 1. The topological polar surface area (TPSA) is 80.8 Å². The lowest BCUT2D eigenvalue weighted by molar-refractivity contribution is -0.141. The van der Waals surface area contributed by atoms with Gasteiger partial charge in [-0.1, -0.05) is 12.1 Å². The van der Waals surface area contributed by atoms with Gasteiger partial charge in [0.2, 0.25) is 0 Å². The number of amides is 2. The molecule has 1 N–H and O–H groups in total. The highest BCUT2D eigenvalue weighted by Gasteiger charge is 2.46. The van der Waals surface area contributed by atoms with Crippen molar-refractivity contribution in [1.82, 2.24) is 9.88 Å². The molecule has 5 rings (SSSR count). The zero-order valence-electron chi connectivity index (χ0n) is 20.2. The number of hydrogen-bond donors (Lipinski definition) is 1. The highest BCUT2D eigenvalue weighted by molar-refractivity contribution is 6.04. The van der Waals surface area contributed by atoms with Crippen molar-refractivity contribution in [2.24, 2.45) is 0 Å². The van der Waals surface area contributed by atoms with Crippen LogP contribution in [-0.4, -0.2) is 47.7 Å². The predicted octanol–water partition coefficient (Wildman–Crippen LogP) is 5.30. The molecule has 1 saturated heterocycles. The molecule has 7 nitrogen and oxygen atoms in total. The van der Waals surface area contributed by atoms with Gasteiger partial charge in [-0.25, -0.2) is 0 Å². The normalized spacial score (nSPS) is 16.8. The maximum absolute atomic E-state index is 13.1. The van der Waals surface area contributed by atoms with Gasteiger partial charge in [-0.15, -0.1) is 0 Å². The van der Waals surface area contributed by atoms with E-state index in [0.29, 0.717) is 49.1 Å². The molecular formula is C27H24F3N3O4. The van der Waals surface area contributed by atoms with Crippen LogP contribution < -0.4 is 10.1 Å². The summed E-state index contributed by atoms with van der Waals surface area (Å²) in [7, 11) is 1.74. The molecule has 10 heteroatoms. The van der Waals surface area contributed by atoms with Crippen LogP contribution in [0.3, 0.4) is 0 Å². The number of alkyl halides is 3. The largest absolute Gasteiger partial charge is 0.467 e. The first-order valence-electron chi connectivity index (χ1n) is 11.7. The average molecular weight is 512 g/mol. The van der Waals surface area contributed by atoms with Crippen LogP contribution in [0, 0.1) is 6.92 Å². The van der Waals surface area contributed by atoms with Crippen LogP contribution in [0.5, 0.6) is 5.75 Å². The quantitative estimate of drug-likeness (QED) is 0.516. The van der Waals surface area contributed by atoms with E-state index in [-0.39, 0.29) is 11.5 Å². The molecule has 0 unspecified atom stereocenters. The van der Waals surface area contributed by atoms with Gasteiger partial charge in [-0.05, 0) is 60.0 Å². The number of carbonyl (C=O) groups is 2. The SMILES string of the molecule is Cc1ccc(NC(=O)c2ccnc(C(F)(F)F)c2)cc1-c1ccc2c(c1)OC1(CCOCC1)N(C)C2=O. The molecule has 0 bridgehead atoms. The molecule has 1 fully saturated rings. The van der Waals surface area contributed by atoms with Gasteiger partial charge in [0, 0.05) is 37.3 Å². The predicted molar refractivity (Wildman–Crippen MR) is 129 cm³/mol. The van der Waals surface area contributed by atoms with E-state index in [2.05, 4.69) is 10.3 Å². The smallest absolute Gasteiger partial charge is 0.433 e. The van der Waals surface area contributed by atoms with E-state index >= 15 is 0 Å². The van der Waals surface area contributed by atoms with Crippen LogP contribution in [0.25, 0.3) is 11.1 Å². The maximum atomic E-state index is 13.1. The van der Waals surface area contributed by atoms with E-state index < -0.39 is 23.5 Å². The third-order valence-corrected chi connectivity index (χ3v) is 6.82. The van der Waals surface area contributed by atoms with Gasteiger partial charge < -0.3 is 19.7 Å². The number of pyridine rings is 1. The third-order valence-electron chi connectivity index (χ3n) is 6.82. The summed E-state index contributed by atoms with van der Waals surface area (Å²) in [6.45, 7) is 2.89. The van der Waals surface area contributed by atoms with Crippen molar-refractivity contribution in [3.63, 3.8) is 0 Å². The van der Waals surface area contributed by atoms with Crippen molar-refractivity contribution in [2.75, 3.05) is 25.6 Å². The Morgan fingerprint density at radius 2 is 1.81 bits per heavy atom. The number of nitrogens with one attached hydrogen (secondary N) is 1. The minimum Gasteiger partial charge on any atom is -0.467 e. The van der Waals surface area contributed by atoms with Crippen molar-refractivity contribution < 1.29 is 32.2 Å². The molecule has 192 valence electrons. The summed E-state index contributed by atoms with van der Waals surface area (Å²) in [6, 6.07) is 12.5. The molecule has 0 atom stereocenters. The summed E-state index contributed by atoms with van der Waals surface area (Å²) in [5.74, 6) is -0.331. The second-order valence-corrected chi connectivity index (χ2v) is 9.15. The van der Waals surface area contributed by atoms with Gasteiger partial charge in [0.1, 0.15) is 11.4 Å². The Kier molecular flexibility index (Phi) is 6.15. The second kappa shape index (κ2) is 9.19. The molecule has 37 heavy (non-hydrogen) atoms. The van der Waals surface area contributed by atoms with Crippen LogP contribution in [0.4, 0.5) is 18.9 Å². The number of halogens is 3. The van der Waals surface area contributed by atoms with Crippen LogP contribution in [0.1, 0.15) is 44.8 Å². The molecule has 0 radical (unpaired) electrons. The van der Waals surface area contributed by atoms with E-state index in [9.17, 15) is 22.8 Å². The number of fused-ring (bicyclic) bond motifs is 1. The Morgan fingerprint density at radius 3 is 2.54 bits per heavy atom. The van der Waals surface area contributed by atoms with Gasteiger partial charge in [0.25, 0.3) is 11.8 Å². The van der Waals surface area contributed by atoms with Gasteiger partial charge in [-0.2, -0.15) is 13.2 Å². The lowest BCUT2D eigenvalue weighted by atomic mass is 9.94. The molecule has 3 aromatic rings. The molecule has 2 aromatic carbocycles. The maximum Gasteiger partial charge on any atom is 0.433 e. The van der Waals surface area contributed by atoms with Crippen molar-refractivity contribution in [1.29, 1.82) is 0 Å². The first-order chi connectivity index (χ1) is 17.6. The fourth-order valence-electron chi connectivity index (χ4n) is 4.66. The second-order valence-electron chi connectivity index (χ2n) is 9.15. The minimum absolute atomic E-state index is 0.122. The van der Waals surface area contributed by atoms with E-state index in [0.717, 1.165) is 22.9 Å². The first kappa shape index (κ1) is 24.8. The summed E-state index contributed by atoms with van der Waals surface area (Å²) < 4.78 is 50.8. The first-order valence-corrected chi connectivity index (χ1v) is 11.7. The Hall–Kier alpha value is -3.92. The summed E-state index contributed by atoms with van der Waals surface area (Å²) >= 11 is 0. The Balaban J connectivity index is 1.44. The third kappa shape index (κ3) is 4.64. The monoisotopic (exact) mass is 511 g/mol.